The zero-order valence-corrected chi connectivity index (χ0v) is 13.1. The van der Waals surface area contributed by atoms with Crippen molar-refractivity contribution in [2.24, 2.45) is 0 Å². The van der Waals surface area contributed by atoms with Crippen molar-refractivity contribution in [3.05, 3.63) is 15.8 Å². The van der Waals surface area contributed by atoms with Crippen LogP contribution in [0, 0.1) is 17.0 Å². The van der Waals surface area contributed by atoms with Crippen LogP contribution < -0.4 is 10.2 Å². The number of likely N-dealkylation sites (N-methyl/N-ethyl adjacent to an activating group) is 1. The van der Waals surface area contributed by atoms with E-state index in [0.717, 1.165) is 26.1 Å². The Balaban J connectivity index is 2.29. The normalized spacial score (nSPS) is 18.7. The summed E-state index contributed by atoms with van der Waals surface area (Å²) in [6.07, 6.45) is 3.57. The lowest BCUT2D eigenvalue weighted by Crippen LogP contribution is -2.44. The fourth-order valence-electron chi connectivity index (χ4n) is 3.02. The Morgan fingerprint density at radius 3 is 2.76 bits per heavy atom. The zero-order valence-electron chi connectivity index (χ0n) is 13.1. The minimum absolute atomic E-state index is 0.148. The second-order valence-corrected chi connectivity index (χ2v) is 5.52. The van der Waals surface area contributed by atoms with E-state index in [9.17, 15) is 10.1 Å². The number of rotatable bonds is 6. The highest BCUT2D eigenvalue weighted by Crippen LogP contribution is 2.32. The van der Waals surface area contributed by atoms with Crippen LogP contribution in [0.5, 0.6) is 0 Å². The van der Waals surface area contributed by atoms with Gasteiger partial charge in [-0.2, -0.15) is 5.10 Å². The molecule has 1 saturated heterocycles. The molecule has 0 amide bonds. The number of aryl methyl sites for hydroxylation is 2. The van der Waals surface area contributed by atoms with Gasteiger partial charge in [0.05, 0.1) is 4.92 Å². The summed E-state index contributed by atoms with van der Waals surface area (Å²) in [5.74, 6) is 0.648. The average Bonchev–Trinajstić information content (AvgIpc) is 2.82. The van der Waals surface area contributed by atoms with Crippen molar-refractivity contribution in [2.75, 3.05) is 24.5 Å². The summed E-state index contributed by atoms with van der Waals surface area (Å²) >= 11 is 0. The molecule has 1 atom stereocenters. The Morgan fingerprint density at radius 1 is 1.48 bits per heavy atom. The molecular weight excluding hydrogens is 270 g/mol. The van der Waals surface area contributed by atoms with Gasteiger partial charge >= 0.3 is 5.69 Å². The monoisotopic (exact) mass is 295 g/mol. The van der Waals surface area contributed by atoms with E-state index in [2.05, 4.69) is 15.3 Å². The van der Waals surface area contributed by atoms with E-state index >= 15 is 0 Å². The fraction of sp³-hybridized carbons (Fsp3) is 0.786. The van der Waals surface area contributed by atoms with Crippen LogP contribution in [-0.4, -0.2) is 40.4 Å². The molecule has 0 aromatic carbocycles. The molecule has 7 nitrogen and oxygen atoms in total. The smallest absolute Gasteiger partial charge is 0.333 e. The van der Waals surface area contributed by atoms with E-state index in [1.165, 1.54) is 12.8 Å². The molecular formula is C14H25N5O2. The van der Waals surface area contributed by atoms with Crippen LogP contribution in [0.4, 0.5) is 11.5 Å². The Morgan fingerprint density at radius 2 is 2.24 bits per heavy atom. The first-order chi connectivity index (χ1) is 10.1. The molecule has 7 heteroatoms. The van der Waals surface area contributed by atoms with Gasteiger partial charge in [0.25, 0.3) is 0 Å². The Labute approximate surface area is 125 Å². The molecule has 2 heterocycles. The van der Waals surface area contributed by atoms with Crippen LogP contribution in [-0.2, 0) is 6.54 Å². The van der Waals surface area contributed by atoms with E-state index in [1.807, 2.05) is 13.8 Å². The first-order valence-corrected chi connectivity index (χ1v) is 7.78. The lowest BCUT2D eigenvalue weighted by Gasteiger charge is -2.30. The number of piperidine rings is 1. The van der Waals surface area contributed by atoms with Gasteiger partial charge < -0.3 is 10.2 Å². The van der Waals surface area contributed by atoms with Crippen molar-refractivity contribution in [3.63, 3.8) is 0 Å². The van der Waals surface area contributed by atoms with E-state index in [1.54, 1.807) is 11.6 Å². The molecule has 1 unspecified atom stereocenters. The van der Waals surface area contributed by atoms with E-state index < -0.39 is 0 Å². The third-order valence-corrected chi connectivity index (χ3v) is 4.09. The number of nitro groups is 1. The highest BCUT2D eigenvalue weighted by molar-refractivity contribution is 5.61. The predicted octanol–water partition coefficient (Wildman–Crippen LogP) is 2.09. The molecule has 2 rings (SSSR count). The number of nitrogens with one attached hydrogen (secondary N) is 1. The van der Waals surface area contributed by atoms with Crippen molar-refractivity contribution >= 4 is 11.5 Å². The standard InChI is InChI=1S/C14H25N5O2/c1-4-17(10-12-8-6-7-9-15-12)14-13(19(20)21)11(3)16-18(14)5-2/h12,15H,4-10H2,1-3H3. The summed E-state index contributed by atoms with van der Waals surface area (Å²) in [5, 5.41) is 19.2. The number of hydrogen-bond donors (Lipinski definition) is 1. The largest absolute Gasteiger partial charge is 0.350 e. The van der Waals surface area contributed by atoms with Gasteiger partial charge in [-0.15, -0.1) is 0 Å². The molecule has 0 radical (unpaired) electrons. The van der Waals surface area contributed by atoms with Gasteiger partial charge in [-0.05, 0) is 40.2 Å². The molecule has 1 aromatic heterocycles. The quantitative estimate of drug-likeness (QED) is 0.642. The third-order valence-electron chi connectivity index (χ3n) is 4.09. The SMILES string of the molecule is CCN(CC1CCCCN1)c1c([N+](=O)[O-])c(C)nn1CC. The van der Waals surface area contributed by atoms with Crippen molar-refractivity contribution < 1.29 is 4.92 Å². The van der Waals surface area contributed by atoms with Crippen molar-refractivity contribution in [3.8, 4) is 0 Å². The molecule has 0 spiro atoms. The Bertz CT molecular complexity index is 494. The number of nitrogens with zero attached hydrogens (tertiary/aromatic N) is 4. The summed E-state index contributed by atoms with van der Waals surface area (Å²) in [5.41, 5.74) is 0.640. The van der Waals surface area contributed by atoms with E-state index in [4.69, 9.17) is 0 Å². The van der Waals surface area contributed by atoms with Gasteiger partial charge in [0, 0.05) is 25.7 Å². The summed E-state index contributed by atoms with van der Waals surface area (Å²) in [6.45, 7) is 8.92. The van der Waals surface area contributed by atoms with E-state index in [-0.39, 0.29) is 10.6 Å². The van der Waals surface area contributed by atoms with Crippen LogP contribution in [0.3, 0.4) is 0 Å². The summed E-state index contributed by atoms with van der Waals surface area (Å²) < 4.78 is 1.75. The van der Waals surface area contributed by atoms with Gasteiger partial charge in [0.1, 0.15) is 5.69 Å². The number of hydrogen-bond acceptors (Lipinski definition) is 5. The lowest BCUT2D eigenvalue weighted by atomic mass is 10.0. The molecule has 1 aliphatic rings. The van der Waals surface area contributed by atoms with Crippen molar-refractivity contribution in [2.45, 2.75) is 52.6 Å². The molecule has 0 saturated carbocycles. The van der Waals surface area contributed by atoms with Gasteiger partial charge in [-0.25, -0.2) is 4.68 Å². The number of anilines is 1. The first-order valence-electron chi connectivity index (χ1n) is 7.78. The molecule has 1 aromatic rings. The van der Waals surface area contributed by atoms with Gasteiger partial charge in [-0.3, -0.25) is 10.1 Å². The van der Waals surface area contributed by atoms with Gasteiger partial charge in [0.15, 0.2) is 0 Å². The lowest BCUT2D eigenvalue weighted by molar-refractivity contribution is -0.384. The Hall–Kier alpha value is -1.63. The molecule has 1 aliphatic heterocycles. The van der Waals surface area contributed by atoms with E-state index in [0.29, 0.717) is 24.1 Å². The average molecular weight is 295 g/mol. The molecule has 1 N–H and O–H groups in total. The Kier molecular flexibility index (Phi) is 5.17. The predicted molar refractivity (Wildman–Crippen MR) is 82.8 cm³/mol. The van der Waals surface area contributed by atoms with Crippen molar-refractivity contribution in [1.29, 1.82) is 0 Å². The third kappa shape index (κ3) is 3.34. The molecule has 0 aliphatic carbocycles. The van der Waals surface area contributed by atoms with Gasteiger partial charge in [-0.1, -0.05) is 6.42 Å². The molecule has 118 valence electrons. The van der Waals surface area contributed by atoms with Crippen LogP contribution in [0.25, 0.3) is 0 Å². The topological polar surface area (TPSA) is 76.2 Å². The zero-order chi connectivity index (χ0) is 15.4. The number of aromatic nitrogens is 2. The molecule has 1 fully saturated rings. The molecule has 21 heavy (non-hydrogen) atoms. The van der Waals surface area contributed by atoms with Crippen LogP contribution in [0.15, 0.2) is 0 Å². The van der Waals surface area contributed by atoms with Crippen molar-refractivity contribution in [1.82, 2.24) is 15.1 Å². The first kappa shape index (κ1) is 15.8. The highest BCUT2D eigenvalue weighted by Gasteiger charge is 2.29. The minimum atomic E-state index is -0.305. The summed E-state index contributed by atoms with van der Waals surface area (Å²) in [4.78, 5) is 13.2. The maximum absolute atomic E-state index is 11.4. The van der Waals surface area contributed by atoms with Gasteiger partial charge in [0.2, 0.25) is 5.82 Å². The summed E-state index contributed by atoms with van der Waals surface area (Å²) in [7, 11) is 0. The highest BCUT2D eigenvalue weighted by atomic mass is 16.6. The second kappa shape index (κ2) is 6.89. The van der Waals surface area contributed by atoms with Crippen LogP contribution >= 0.6 is 0 Å². The minimum Gasteiger partial charge on any atom is -0.350 e. The maximum atomic E-state index is 11.4. The van der Waals surface area contributed by atoms with Crippen LogP contribution in [0.1, 0.15) is 38.8 Å². The maximum Gasteiger partial charge on any atom is 0.333 e. The second-order valence-electron chi connectivity index (χ2n) is 5.52. The fourth-order valence-corrected chi connectivity index (χ4v) is 3.02. The van der Waals surface area contributed by atoms with Crippen LogP contribution in [0.2, 0.25) is 0 Å². The molecule has 0 bridgehead atoms. The summed E-state index contributed by atoms with van der Waals surface area (Å²) in [6, 6.07) is 0.402.